The lowest BCUT2D eigenvalue weighted by Gasteiger charge is -2.28. The molecule has 2 aliphatic rings. The van der Waals surface area contributed by atoms with Gasteiger partial charge >= 0.3 is 0 Å². The van der Waals surface area contributed by atoms with E-state index in [0.29, 0.717) is 43.4 Å². The third kappa shape index (κ3) is 4.23. The number of likely N-dealkylation sites (tertiary alicyclic amines) is 1. The fourth-order valence-electron chi connectivity index (χ4n) is 3.47. The Kier molecular flexibility index (Phi) is 6.12. The van der Waals surface area contributed by atoms with E-state index >= 15 is 0 Å². The number of carbonyl (C=O) groups excluding carboxylic acids is 1. The van der Waals surface area contributed by atoms with Gasteiger partial charge in [-0.25, -0.2) is 0 Å². The van der Waals surface area contributed by atoms with Crippen LogP contribution in [0.3, 0.4) is 0 Å². The average Bonchev–Trinajstić information content (AvgIpc) is 3.30. The topological polar surface area (TPSA) is 86.0 Å². The van der Waals surface area contributed by atoms with Gasteiger partial charge in [0.2, 0.25) is 0 Å². The zero-order valence-electron chi connectivity index (χ0n) is 14.7. The van der Waals surface area contributed by atoms with Crippen molar-refractivity contribution in [2.24, 2.45) is 5.73 Å². The van der Waals surface area contributed by atoms with E-state index in [0.717, 1.165) is 13.1 Å². The molecular formula is C18H27N3O4. The Hall–Kier alpha value is -1.83. The third-order valence-electron chi connectivity index (χ3n) is 4.78. The van der Waals surface area contributed by atoms with Gasteiger partial charge in [-0.3, -0.25) is 9.69 Å². The minimum absolute atomic E-state index is 0.0149. The molecule has 7 heteroatoms. The number of hydrogen-bond acceptors (Lipinski definition) is 6. The molecule has 0 aliphatic carbocycles. The number of ether oxygens (including phenoxy) is 3. The highest BCUT2D eigenvalue weighted by Gasteiger charge is 2.35. The SMILES string of the molecule is COc1ccc(C(=O)N[C@H]2COC[C@@H]2N2CCCC2)cc1OCCN. The van der Waals surface area contributed by atoms with E-state index in [-0.39, 0.29) is 18.0 Å². The highest BCUT2D eigenvalue weighted by Crippen LogP contribution is 2.28. The zero-order valence-corrected chi connectivity index (χ0v) is 14.7. The smallest absolute Gasteiger partial charge is 0.251 e. The van der Waals surface area contributed by atoms with Gasteiger partial charge in [0.1, 0.15) is 6.61 Å². The first-order valence-electron chi connectivity index (χ1n) is 8.86. The van der Waals surface area contributed by atoms with Crippen LogP contribution >= 0.6 is 0 Å². The highest BCUT2D eigenvalue weighted by atomic mass is 16.5. The van der Waals surface area contributed by atoms with Crippen molar-refractivity contribution in [1.29, 1.82) is 0 Å². The molecule has 0 unspecified atom stereocenters. The summed E-state index contributed by atoms with van der Waals surface area (Å²) in [7, 11) is 1.57. The lowest BCUT2D eigenvalue weighted by molar-refractivity contribution is 0.0916. The minimum Gasteiger partial charge on any atom is -0.493 e. The zero-order chi connectivity index (χ0) is 17.6. The van der Waals surface area contributed by atoms with Gasteiger partial charge in [0, 0.05) is 12.1 Å². The van der Waals surface area contributed by atoms with Gasteiger partial charge in [-0.1, -0.05) is 0 Å². The second-order valence-electron chi connectivity index (χ2n) is 6.43. The molecule has 1 aromatic carbocycles. The van der Waals surface area contributed by atoms with Crippen LogP contribution in [0.4, 0.5) is 0 Å². The number of nitrogens with two attached hydrogens (primary N) is 1. The number of rotatable bonds is 7. The van der Waals surface area contributed by atoms with Crippen LogP contribution in [-0.2, 0) is 4.74 Å². The quantitative estimate of drug-likeness (QED) is 0.751. The third-order valence-corrected chi connectivity index (χ3v) is 4.78. The Morgan fingerprint density at radius 1 is 1.32 bits per heavy atom. The van der Waals surface area contributed by atoms with Crippen molar-refractivity contribution in [2.75, 3.05) is 46.6 Å². The molecule has 3 rings (SSSR count). The summed E-state index contributed by atoms with van der Waals surface area (Å²) >= 11 is 0. The molecule has 1 amide bonds. The lowest BCUT2D eigenvalue weighted by Crippen LogP contribution is -2.50. The summed E-state index contributed by atoms with van der Waals surface area (Å²) in [4.78, 5) is 15.1. The predicted octanol–water partition coefficient (Wildman–Crippen LogP) is 0.626. The monoisotopic (exact) mass is 349 g/mol. The lowest BCUT2D eigenvalue weighted by atomic mass is 10.1. The van der Waals surface area contributed by atoms with Crippen molar-refractivity contribution in [1.82, 2.24) is 10.2 Å². The van der Waals surface area contributed by atoms with Crippen LogP contribution < -0.4 is 20.5 Å². The molecule has 0 bridgehead atoms. The molecule has 2 fully saturated rings. The second kappa shape index (κ2) is 8.51. The average molecular weight is 349 g/mol. The first kappa shape index (κ1) is 18.0. The van der Waals surface area contributed by atoms with Crippen LogP contribution in [0.5, 0.6) is 11.5 Å². The first-order chi connectivity index (χ1) is 12.2. The van der Waals surface area contributed by atoms with Gasteiger partial charge < -0.3 is 25.3 Å². The van der Waals surface area contributed by atoms with Gasteiger partial charge in [-0.05, 0) is 44.1 Å². The Bertz CT molecular complexity index is 590. The van der Waals surface area contributed by atoms with Crippen LogP contribution in [0.2, 0.25) is 0 Å². The number of hydrogen-bond donors (Lipinski definition) is 2. The molecule has 25 heavy (non-hydrogen) atoms. The van der Waals surface area contributed by atoms with Crippen molar-refractivity contribution in [3.8, 4) is 11.5 Å². The first-order valence-corrected chi connectivity index (χ1v) is 8.86. The van der Waals surface area contributed by atoms with Crippen LogP contribution in [0.15, 0.2) is 18.2 Å². The van der Waals surface area contributed by atoms with E-state index in [1.165, 1.54) is 12.8 Å². The second-order valence-corrected chi connectivity index (χ2v) is 6.43. The normalized spacial score (nSPS) is 23.6. The number of amides is 1. The van der Waals surface area contributed by atoms with Gasteiger partial charge in [0.25, 0.3) is 5.91 Å². The fraction of sp³-hybridized carbons (Fsp3) is 0.611. The molecule has 2 heterocycles. The summed E-state index contributed by atoms with van der Waals surface area (Å²) in [6, 6.07) is 5.46. The maximum atomic E-state index is 12.7. The minimum atomic E-state index is -0.125. The Labute approximate surface area is 148 Å². The molecule has 1 aromatic rings. The summed E-state index contributed by atoms with van der Waals surface area (Å²) in [5.41, 5.74) is 6.03. The molecule has 138 valence electrons. The van der Waals surface area contributed by atoms with Crippen molar-refractivity contribution in [3.05, 3.63) is 23.8 Å². The summed E-state index contributed by atoms with van der Waals surface area (Å²) in [5.74, 6) is 0.989. The van der Waals surface area contributed by atoms with E-state index in [2.05, 4.69) is 10.2 Å². The van der Waals surface area contributed by atoms with Gasteiger partial charge in [-0.15, -0.1) is 0 Å². The van der Waals surface area contributed by atoms with Crippen molar-refractivity contribution in [2.45, 2.75) is 24.9 Å². The van der Waals surface area contributed by atoms with Gasteiger partial charge in [0.15, 0.2) is 11.5 Å². The predicted molar refractivity (Wildman–Crippen MR) is 94.2 cm³/mol. The molecule has 2 aliphatic heterocycles. The van der Waals surface area contributed by atoms with Crippen LogP contribution in [0.25, 0.3) is 0 Å². The maximum absolute atomic E-state index is 12.7. The van der Waals surface area contributed by atoms with E-state index in [9.17, 15) is 4.79 Å². The largest absolute Gasteiger partial charge is 0.493 e. The summed E-state index contributed by atoms with van der Waals surface area (Å²) in [5, 5.41) is 3.12. The van der Waals surface area contributed by atoms with E-state index < -0.39 is 0 Å². The summed E-state index contributed by atoms with van der Waals surface area (Å²) < 4.78 is 16.5. The molecular weight excluding hydrogens is 322 g/mol. The number of nitrogens with zero attached hydrogens (tertiary/aromatic N) is 1. The summed E-state index contributed by atoms with van der Waals surface area (Å²) in [6.07, 6.45) is 2.44. The standard InChI is InChI=1S/C18H27N3O4/c1-23-16-5-4-13(10-17(16)25-9-6-19)18(22)20-14-11-24-12-15(14)21-7-2-3-8-21/h4-5,10,14-15H,2-3,6-9,11-12,19H2,1H3,(H,20,22)/t14-,15-/m0/s1. The molecule has 0 saturated carbocycles. The molecule has 0 spiro atoms. The molecule has 2 atom stereocenters. The summed E-state index contributed by atoms with van der Waals surface area (Å²) in [6.45, 7) is 4.17. The van der Waals surface area contributed by atoms with Crippen LogP contribution in [0, 0.1) is 0 Å². The Morgan fingerprint density at radius 3 is 2.84 bits per heavy atom. The molecule has 3 N–H and O–H groups in total. The van der Waals surface area contributed by atoms with Crippen molar-refractivity contribution >= 4 is 5.91 Å². The molecule has 2 saturated heterocycles. The fourth-order valence-corrected chi connectivity index (χ4v) is 3.47. The van der Waals surface area contributed by atoms with Crippen LogP contribution in [-0.4, -0.2) is 69.5 Å². The number of carbonyl (C=O) groups is 1. The number of benzene rings is 1. The van der Waals surface area contributed by atoms with E-state index in [4.69, 9.17) is 19.9 Å². The van der Waals surface area contributed by atoms with Crippen molar-refractivity contribution in [3.63, 3.8) is 0 Å². The molecule has 0 radical (unpaired) electrons. The van der Waals surface area contributed by atoms with E-state index in [1.807, 2.05) is 0 Å². The van der Waals surface area contributed by atoms with Crippen LogP contribution in [0.1, 0.15) is 23.2 Å². The van der Waals surface area contributed by atoms with Gasteiger partial charge in [-0.2, -0.15) is 0 Å². The maximum Gasteiger partial charge on any atom is 0.251 e. The Morgan fingerprint density at radius 2 is 2.12 bits per heavy atom. The molecule has 0 aromatic heterocycles. The van der Waals surface area contributed by atoms with Crippen molar-refractivity contribution < 1.29 is 19.0 Å². The molecule has 7 nitrogen and oxygen atoms in total. The highest BCUT2D eigenvalue weighted by molar-refractivity contribution is 5.95. The van der Waals surface area contributed by atoms with Gasteiger partial charge in [0.05, 0.1) is 32.4 Å². The van der Waals surface area contributed by atoms with E-state index in [1.54, 1.807) is 25.3 Å². The number of methoxy groups -OCH3 is 1. The number of nitrogens with one attached hydrogen (secondary N) is 1. The Balaban J connectivity index is 1.67.